The van der Waals surface area contributed by atoms with Gasteiger partial charge in [0.15, 0.2) is 6.29 Å². The van der Waals surface area contributed by atoms with Gasteiger partial charge in [0.25, 0.3) is 0 Å². The zero-order valence-electron chi connectivity index (χ0n) is 16.9. The van der Waals surface area contributed by atoms with Crippen LogP contribution in [0.2, 0.25) is 0 Å². The molecule has 3 aromatic rings. The first-order valence-corrected chi connectivity index (χ1v) is 10.3. The van der Waals surface area contributed by atoms with E-state index in [1.165, 1.54) is 6.07 Å². The summed E-state index contributed by atoms with van der Waals surface area (Å²) < 4.78 is 46.7. The maximum atomic E-state index is 13.6. The van der Waals surface area contributed by atoms with E-state index in [-0.39, 0.29) is 18.6 Å². The van der Waals surface area contributed by atoms with Gasteiger partial charge in [-0.3, -0.25) is 0 Å². The summed E-state index contributed by atoms with van der Waals surface area (Å²) in [5, 5.41) is 18.9. The van der Waals surface area contributed by atoms with Crippen molar-refractivity contribution in [2.45, 2.75) is 51.2 Å². The number of ether oxygens (including phenoxy) is 1. The highest BCUT2D eigenvalue weighted by atomic mass is 19.4. The Bertz CT molecular complexity index is 1100. The molecule has 164 valence electrons. The summed E-state index contributed by atoms with van der Waals surface area (Å²) in [5.41, 5.74) is 2.63. The average Bonchev–Trinajstić information content (AvgIpc) is 3.39. The van der Waals surface area contributed by atoms with Crippen LogP contribution in [0.4, 0.5) is 13.2 Å². The molecule has 1 aliphatic rings. The molecule has 7 heteroatoms. The highest BCUT2D eigenvalue weighted by molar-refractivity contribution is 5.82. The Hall–Kier alpha value is -2.77. The number of aliphatic hydroxyl groups is 2. The molecule has 0 aliphatic heterocycles. The molecule has 4 rings (SSSR count). The lowest BCUT2D eigenvalue weighted by atomic mass is 9.96. The lowest BCUT2D eigenvalue weighted by molar-refractivity contribution is -0.137. The monoisotopic (exact) mass is 431 g/mol. The molecular weight excluding hydrogens is 407 g/mol. The third-order valence-corrected chi connectivity index (χ3v) is 5.50. The van der Waals surface area contributed by atoms with Gasteiger partial charge in [0.2, 0.25) is 0 Å². The van der Waals surface area contributed by atoms with Crippen molar-refractivity contribution in [3.05, 3.63) is 70.9 Å². The Labute approximate surface area is 178 Å². The second-order valence-electron chi connectivity index (χ2n) is 7.85. The van der Waals surface area contributed by atoms with Crippen molar-refractivity contribution in [2.75, 3.05) is 0 Å². The van der Waals surface area contributed by atoms with Gasteiger partial charge in [-0.1, -0.05) is 18.2 Å². The van der Waals surface area contributed by atoms with Gasteiger partial charge in [-0.25, -0.2) is 0 Å². The van der Waals surface area contributed by atoms with E-state index in [1.807, 2.05) is 24.3 Å². The number of benzene rings is 2. The highest BCUT2D eigenvalue weighted by Gasteiger charge is 2.34. The van der Waals surface area contributed by atoms with Crippen LogP contribution in [0.1, 0.15) is 48.1 Å². The molecule has 1 aliphatic carbocycles. The van der Waals surface area contributed by atoms with E-state index >= 15 is 0 Å². The molecule has 3 N–H and O–H groups in total. The van der Waals surface area contributed by atoms with E-state index in [4.69, 9.17) is 14.9 Å². The Morgan fingerprint density at radius 1 is 1.06 bits per heavy atom. The molecule has 31 heavy (non-hydrogen) atoms. The number of H-pyrrole nitrogens is 1. The molecule has 0 radical (unpaired) electrons. The van der Waals surface area contributed by atoms with Gasteiger partial charge < -0.3 is 19.9 Å². The fourth-order valence-corrected chi connectivity index (χ4v) is 3.96. The Kier molecular flexibility index (Phi) is 6.07. The number of hydrogen-bond acceptors (Lipinski definition) is 3. The normalized spacial score (nSPS) is 14.5. The van der Waals surface area contributed by atoms with Crippen molar-refractivity contribution in [3.63, 3.8) is 0 Å². The van der Waals surface area contributed by atoms with E-state index in [1.54, 1.807) is 18.2 Å². The summed E-state index contributed by atoms with van der Waals surface area (Å²) in [6.45, 7) is 0.0297. The van der Waals surface area contributed by atoms with Crippen molar-refractivity contribution in [3.8, 4) is 5.75 Å². The number of fused-ring (bicyclic) bond motifs is 1. The Morgan fingerprint density at radius 3 is 2.61 bits per heavy atom. The van der Waals surface area contributed by atoms with Crippen LogP contribution in [0.25, 0.3) is 16.5 Å². The number of aromatic amines is 1. The third-order valence-electron chi connectivity index (χ3n) is 5.50. The fraction of sp³-hybridized carbons (Fsp3) is 0.333. The van der Waals surface area contributed by atoms with Gasteiger partial charge in [0.1, 0.15) is 12.4 Å². The van der Waals surface area contributed by atoms with Crippen LogP contribution in [0, 0.1) is 0 Å². The van der Waals surface area contributed by atoms with Crippen molar-refractivity contribution in [2.24, 2.45) is 0 Å². The number of hydrogen-bond donors (Lipinski definition) is 3. The minimum absolute atomic E-state index is 0.0297. The molecule has 1 heterocycles. The first kappa shape index (κ1) is 21.5. The van der Waals surface area contributed by atoms with Crippen LogP contribution >= 0.6 is 0 Å². The Balaban J connectivity index is 1.50. The predicted octanol–water partition coefficient (Wildman–Crippen LogP) is 5.58. The largest absolute Gasteiger partial charge is 0.489 e. The summed E-state index contributed by atoms with van der Waals surface area (Å²) in [5.74, 6) is 0.552. The van der Waals surface area contributed by atoms with Crippen LogP contribution in [-0.2, 0) is 19.2 Å². The average molecular weight is 431 g/mol. The molecule has 0 amide bonds. The molecule has 0 spiro atoms. The standard InChI is InChI=1S/C24H24F3NO3/c25-24(26,27)21-11-15(5-8-20(21)16-3-1-2-4-16)14-31-19-7-9-22-17(13-19)12-18(28-22)6-10-23(29)30/h3,5,7-9,11-13,23,28-30H,1-2,4,6,10,14H2. The molecule has 0 fully saturated rings. The zero-order valence-corrected chi connectivity index (χ0v) is 16.9. The Morgan fingerprint density at radius 2 is 1.90 bits per heavy atom. The molecule has 0 unspecified atom stereocenters. The van der Waals surface area contributed by atoms with Crippen LogP contribution in [0.5, 0.6) is 5.75 Å². The minimum atomic E-state index is -4.42. The highest BCUT2D eigenvalue weighted by Crippen LogP contribution is 2.39. The van der Waals surface area contributed by atoms with Crippen LogP contribution in [0.3, 0.4) is 0 Å². The van der Waals surface area contributed by atoms with E-state index < -0.39 is 18.0 Å². The summed E-state index contributed by atoms with van der Waals surface area (Å²) in [6, 6.07) is 11.7. The van der Waals surface area contributed by atoms with E-state index in [0.29, 0.717) is 24.2 Å². The molecule has 2 aromatic carbocycles. The summed E-state index contributed by atoms with van der Waals surface area (Å²) in [4.78, 5) is 3.20. The first-order valence-electron chi connectivity index (χ1n) is 10.3. The molecular formula is C24H24F3NO3. The van der Waals surface area contributed by atoms with E-state index in [2.05, 4.69) is 4.98 Å². The van der Waals surface area contributed by atoms with Gasteiger partial charge in [-0.05, 0) is 72.7 Å². The topological polar surface area (TPSA) is 65.5 Å². The predicted molar refractivity (Wildman–Crippen MR) is 112 cm³/mol. The van der Waals surface area contributed by atoms with Crippen LogP contribution in [0.15, 0.2) is 48.5 Å². The van der Waals surface area contributed by atoms with Crippen molar-refractivity contribution in [1.29, 1.82) is 0 Å². The molecule has 0 saturated heterocycles. The second-order valence-corrected chi connectivity index (χ2v) is 7.85. The second kappa shape index (κ2) is 8.77. The summed E-state index contributed by atoms with van der Waals surface area (Å²) in [6.07, 6.45) is -0.781. The maximum Gasteiger partial charge on any atom is 0.417 e. The van der Waals surface area contributed by atoms with Crippen LogP contribution < -0.4 is 4.74 Å². The number of nitrogens with one attached hydrogen (secondary N) is 1. The zero-order chi connectivity index (χ0) is 22.0. The molecule has 4 nitrogen and oxygen atoms in total. The molecule has 0 saturated carbocycles. The van der Waals surface area contributed by atoms with Gasteiger partial charge in [-0.15, -0.1) is 0 Å². The van der Waals surface area contributed by atoms with E-state index in [9.17, 15) is 13.2 Å². The number of rotatable bonds is 7. The molecule has 1 aromatic heterocycles. The van der Waals surface area contributed by atoms with Gasteiger partial charge in [0.05, 0.1) is 5.56 Å². The van der Waals surface area contributed by atoms with Crippen molar-refractivity contribution >= 4 is 16.5 Å². The first-order chi connectivity index (χ1) is 14.8. The number of aromatic nitrogens is 1. The van der Waals surface area contributed by atoms with Crippen molar-refractivity contribution < 1.29 is 28.1 Å². The number of aliphatic hydroxyl groups excluding tert-OH is 1. The molecule has 0 bridgehead atoms. The minimum Gasteiger partial charge on any atom is -0.489 e. The van der Waals surface area contributed by atoms with E-state index in [0.717, 1.165) is 35.0 Å². The number of alkyl halides is 3. The quantitative estimate of drug-likeness (QED) is 0.428. The smallest absolute Gasteiger partial charge is 0.417 e. The SMILES string of the molecule is OC(O)CCc1cc2cc(OCc3ccc(C4=CCCC4)c(C(F)(F)F)c3)ccc2[nH]1. The fourth-order valence-electron chi connectivity index (χ4n) is 3.96. The number of aryl methyl sites for hydroxylation is 1. The third kappa shape index (κ3) is 5.11. The van der Waals surface area contributed by atoms with Gasteiger partial charge >= 0.3 is 6.18 Å². The maximum absolute atomic E-state index is 13.6. The summed E-state index contributed by atoms with van der Waals surface area (Å²) in [7, 11) is 0. The summed E-state index contributed by atoms with van der Waals surface area (Å²) >= 11 is 0. The van der Waals surface area contributed by atoms with Crippen LogP contribution in [-0.4, -0.2) is 21.5 Å². The number of halogens is 3. The lowest BCUT2D eigenvalue weighted by Gasteiger charge is -2.16. The number of allylic oxidation sites excluding steroid dienone is 2. The van der Waals surface area contributed by atoms with Crippen molar-refractivity contribution in [1.82, 2.24) is 4.98 Å². The molecule has 0 atom stereocenters. The van der Waals surface area contributed by atoms with Gasteiger partial charge in [-0.2, -0.15) is 13.2 Å². The van der Waals surface area contributed by atoms with Gasteiger partial charge in [0, 0.05) is 23.0 Å². The lowest BCUT2D eigenvalue weighted by Crippen LogP contribution is -2.10.